The molecule has 34 heavy (non-hydrogen) atoms. The van der Waals surface area contributed by atoms with E-state index < -0.39 is 0 Å². The van der Waals surface area contributed by atoms with Crippen LogP contribution in [0.1, 0.15) is 63.2 Å². The Balaban J connectivity index is 1.50. The molecule has 0 amide bonds. The van der Waals surface area contributed by atoms with E-state index in [0.29, 0.717) is 23.8 Å². The highest BCUT2D eigenvalue weighted by Crippen LogP contribution is 2.25. The van der Waals surface area contributed by atoms with E-state index in [-0.39, 0.29) is 5.97 Å². The Bertz CT molecular complexity index is 991. The molecule has 3 aromatic carbocycles. The maximum atomic E-state index is 12.5. The summed E-state index contributed by atoms with van der Waals surface area (Å²) in [6.45, 7) is 8.02. The molecular weight excluding hydrogens is 424 g/mol. The molecule has 0 radical (unpaired) electrons. The summed E-state index contributed by atoms with van der Waals surface area (Å²) in [5, 5.41) is 0. The Kier molecular flexibility index (Phi) is 10.0. The Labute approximate surface area is 203 Å². The second-order valence-corrected chi connectivity index (χ2v) is 8.67. The number of rotatable bonds is 13. The Morgan fingerprint density at radius 2 is 1.24 bits per heavy atom. The number of hydrogen-bond donors (Lipinski definition) is 0. The fraction of sp³-hybridized carbons (Fsp3) is 0.367. The largest absolute Gasteiger partial charge is 0.494 e. The normalized spacial score (nSPS) is 11.6. The van der Waals surface area contributed by atoms with E-state index >= 15 is 0 Å². The Morgan fingerprint density at radius 1 is 0.706 bits per heavy atom. The lowest BCUT2D eigenvalue weighted by molar-refractivity contribution is 0.0734. The monoisotopic (exact) mass is 460 g/mol. The van der Waals surface area contributed by atoms with Crippen molar-refractivity contribution in [3.05, 3.63) is 78.4 Å². The molecule has 0 bridgehead atoms. The van der Waals surface area contributed by atoms with Gasteiger partial charge in [0.15, 0.2) is 0 Å². The molecule has 0 aliphatic rings. The van der Waals surface area contributed by atoms with Crippen molar-refractivity contribution in [1.82, 2.24) is 0 Å². The second kappa shape index (κ2) is 13.4. The summed E-state index contributed by atoms with van der Waals surface area (Å²) < 4.78 is 17.1. The van der Waals surface area contributed by atoms with Crippen LogP contribution in [-0.4, -0.2) is 19.2 Å². The summed E-state index contributed by atoms with van der Waals surface area (Å²) in [5.41, 5.74) is 2.63. The van der Waals surface area contributed by atoms with Crippen molar-refractivity contribution >= 4 is 5.97 Å². The third-order valence-electron chi connectivity index (χ3n) is 5.94. The molecule has 1 unspecified atom stereocenters. The lowest BCUT2D eigenvalue weighted by Gasteiger charge is -2.10. The molecule has 3 aromatic rings. The van der Waals surface area contributed by atoms with E-state index in [1.54, 1.807) is 12.1 Å². The summed E-state index contributed by atoms with van der Waals surface area (Å²) in [5.74, 6) is 2.43. The number of hydrogen-bond acceptors (Lipinski definition) is 4. The van der Waals surface area contributed by atoms with Crippen LogP contribution < -0.4 is 14.2 Å². The van der Waals surface area contributed by atoms with Crippen LogP contribution in [0, 0.1) is 5.92 Å². The molecule has 0 saturated heterocycles. The van der Waals surface area contributed by atoms with Gasteiger partial charge in [0, 0.05) is 0 Å². The molecule has 0 heterocycles. The van der Waals surface area contributed by atoms with E-state index in [2.05, 4.69) is 20.8 Å². The molecule has 0 spiro atoms. The number of ether oxygens (including phenoxy) is 3. The van der Waals surface area contributed by atoms with Crippen LogP contribution >= 0.6 is 0 Å². The van der Waals surface area contributed by atoms with Gasteiger partial charge in [0.25, 0.3) is 0 Å². The van der Waals surface area contributed by atoms with E-state index in [4.69, 9.17) is 14.2 Å². The van der Waals surface area contributed by atoms with Gasteiger partial charge in [-0.1, -0.05) is 64.3 Å². The van der Waals surface area contributed by atoms with Gasteiger partial charge in [-0.05, 0) is 78.4 Å². The number of benzene rings is 3. The fourth-order valence-corrected chi connectivity index (χ4v) is 3.44. The highest BCUT2D eigenvalue weighted by molar-refractivity contribution is 5.91. The molecule has 4 nitrogen and oxygen atoms in total. The highest BCUT2D eigenvalue weighted by Gasteiger charge is 2.10. The summed E-state index contributed by atoms with van der Waals surface area (Å²) in [4.78, 5) is 12.5. The maximum Gasteiger partial charge on any atom is 0.343 e. The number of unbranched alkanes of at least 4 members (excludes halogenated alkanes) is 2. The fourth-order valence-electron chi connectivity index (χ4n) is 3.44. The lowest BCUT2D eigenvalue weighted by atomic mass is 10.1. The smallest absolute Gasteiger partial charge is 0.343 e. The molecule has 0 aliphatic heterocycles. The first-order valence-electron chi connectivity index (χ1n) is 12.4. The first-order valence-corrected chi connectivity index (χ1v) is 12.4. The third kappa shape index (κ3) is 7.95. The van der Waals surface area contributed by atoms with E-state index in [9.17, 15) is 4.79 Å². The maximum absolute atomic E-state index is 12.5. The van der Waals surface area contributed by atoms with Crippen molar-refractivity contribution in [2.75, 3.05) is 13.2 Å². The topological polar surface area (TPSA) is 44.8 Å². The molecule has 1 atom stereocenters. The zero-order chi connectivity index (χ0) is 24.2. The first-order chi connectivity index (χ1) is 16.6. The van der Waals surface area contributed by atoms with Gasteiger partial charge in [-0.2, -0.15) is 0 Å². The van der Waals surface area contributed by atoms with Gasteiger partial charge >= 0.3 is 5.97 Å². The van der Waals surface area contributed by atoms with Gasteiger partial charge in [-0.25, -0.2) is 4.79 Å². The Morgan fingerprint density at radius 3 is 1.79 bits per heavy atom. The number of carbonyl (C=O) groups is 1. The summed E-state index contributed by atoms with van der Waals surface area (Å²) in [7, 11) is 0. The van der Waals surface area contributed by atoms with Gasteiger partial charge in [-0.3, -0.25) is 0 Å². The minimum Gasteiger partial charge on any atom is -0.494 e. The molecule has 180 valence electrons. The van der Waals surface area contributed by atoms with Crippen LogP contribution in [0.15, 0.2) is 72.8 Å². The second-order valence-electron chi connectivity index (χ2n) is 8.67. The number of carbonyl (C=O) groups excluding carboxylic acids is 1. The Hall–Kier alpha value is -3.27. The molecule has 0 saturated carbocycles. The minimum absolute atomic E-state index is 0.386. The average molecular weight is 461 g/mol. The molecule has 0 aromatic heterocycles. The summed E-state index contributed by atoms with van der Waals surface area (Å²) in [6.07, 6.45) is 5.62. The third-order valence-corrected chi connectivity index (χ3v) is 5.94. The van der Waals surface area contributed by atoms with Crippen LogP contribution in [0.2, 0.25) is 0 Å². The van der Waals surface area contributed by atoms with Crippen molar-refractivity contribution in [3.63, 3.8) is 0 Å². The quantitative estimate of drug-likeness (QED) is 0.147. The standard InChI is InChI=1S/C30H36O4/c1-4-6-7-21-32-27-14-8-24(9-15-27)25-10-18-29(19-11-25)34-30(31)26-12-16-28(17-13-26)33-22-20-23(3)5-2/h8-19,23H,4-7,20-22H2,1-3H3. The van der Waals surface area contributed by atoms with Gasteiger partial charge in [0.1, 0.15) is 17.2 Å². The SMILES string of the molecule is CCCCCOc1ccc(-c2ccc(OC(=O)c3ccc(OCCC(C)CC)cc3)cc2)cc1. The zero-order valence-electron chi connectivity index (χ0n) is 20.6. The first kappa shape index (κ1) is 25.4. The average Bonchev–Trinajstić information content (AvgIpc) is 2.88. The predicted molar refractivity (Wildman–Crippen MR) is 138 cm³/mol. The van der Waals surface area contributed by atoms with E-state index in [1.165, 1.54) is 12.8 Å². The molecular formula is C30H36O4. The highest BCUT2D eigenvalue weighted by atomic mass is 16.5. The number of esters is 1. The van der Waals surface area contributed by atoms with Crippen molar-refractivity contribution in [1.29, 1.82) is 0 Å². The molecule has 0 aliphatic carbocycles. The predicted octanol–water partition coefficient (Wildman–Crippen LogP) is 7.96. The van der Waals surface area contributed by atoms with Crippen molar-refractivity contribution < 1.29 is 19.0 Å². The van der Waals surface area contributed by atoms with Gasteiger partial charge in [0.2, 0.25) is 0 Å². The molecule has 3 rings (SSSR count). The summed E-state index contributed by atoms with van der Waals surface area (Å²) >= 11 is 0. The molecule has 0 fully saturated rings. The van der Waals surface area contributed by atoms with Crippen LogP contribution in [0.5, 0.6) is 17.2 Å². The zero-order valence-corrected chi connectivity index (χ0v) is 20.6. The molecule has 0 N–H and O–H groups in total. The van der Waals surface area contributed by atoms with Crippen LogP contribution in [0.25, 0.3) is 11.1 Å². The van der Waals surface area contributed by atoms with Crippen LogP contribution in [-0.2, 0) is 0 Å². The van der Waals surface area contributed by atoms with Crippen molar-refractivity contribution in [2.45, 2.75) is 52.9 Å². The van der Waals surface area contributed by atoms with Gasteiger partial charge < -0.3 is 14.2 Å². The molecule has 4 heteroatoms. The lowest BCUT2D eigenvalue weighted by Crippen LogP contribution is -2.08. The van der Waals surface area contributed by atoms with E-state index in [1.807, 2.05) is 60.7 Å². The van der Waals surface area contributed by atoms with Gasteiger partial charge in [0.05, 0.1) is 18.8 Å². The van der Waals surface area contributed by atoms with Gasteiger partial charge in [-0.15, -0.1) is 0 Å². The van der Waals surface area contributed by atoms with Crippen molar-refractivity contribution in [3.8, 4) is 28.4 Å². The minimum atomic E-state index is -0.386. The summed E-state index contributed by atoms with van der Waals surface area (Å²) in [6, 6.07) is 22.7. The van der Waals surface area contributed by atoms with Crippen molar-refractivity contribution in [2.24, 2.45) is 5.92 Å². The van der Waals surface area contributed by atoms with E-state index in [0.717, 1.165) is 48.5 Å². The van der Waals surface area contributed by atoms with Crippen LogP contribution in [0.4, 0.5) is 0 Å². The van der Waals surface area contributed by atoms with Crippen LogP contribution in [0.3, 0.4) is 0 Å².